The summed E-state index contributed by atoms with van der Waals surface area (Å²) in [5.41, 5.74) is 1.31. The van der Waals surface area contributed by atoms with Gasteiger partial charge >= 0.3 is 6.18 Å². The van der Waals surface area contributed by atoms with Crippen molar-refractivity contribution in [3.63, 3.8) is 0 Å². The van der Waals surface area contributed by atoms with Gasteiger partial charge in [-0.25, -0.2) is 4.98 Å². The minimum Gasteiger partial charge on any atom is -0.468 e. The molecule has 0 fully saturated rings. The van der Waals surface area contributed by atoms with Gasteiger partial charge in [-0.15, -0.1) is 0 Å². The van der Waals surface area contributed by atoms with Crippen molar-refractivity contribution >= 4 is 16.8 Å². The molecule has 27 heavy (non-hydrogen) atoms. The summed E-state index contributed by atoms with van der Waals surface area (Å²) in [5, 5.41) is 7.63. The Morgan fingerprint density at radius 1 is 1.30 bits per heavy atom. The molecule has 0 radical (unpaired) electrons. The van der Waals surface area contributed by atoms with Crippen molar-refractivity contribution in [3.8, 4) is 5.88 Å². The highest BCUT2D eigenvalue weighted by Crippen LogP contribution is 2.19. The molecule has 0 aromatic carbocycles. The zero-order chi connectivity index (χ0) is 19.4. The van der Waals surface area contributed by atoms with Crippen molar-refractivity contribution in [2.45, 2.75) is 19.6 Å². The summed E-state index contributed by atoms with van der Waals surface area (Å²) in [5.74, 6) is -0.422. The molecule has 3 aromatic rings. The molecule has 1 N–H and O–H groups in total. The Hall–Kier alpha value is -3.17. The van der Waals surface area contributed by atoms with E-state index in [1.165, 1.54) is 12.3 Å². The molecule has 3 aromatic heterocycles. The predicted octanol–water partition coefficient (Wildman–Crippen LogP) is 2.57. The van der Waals surface area contributed by atoms with Crippen LogP contribution in [0, 0.1) is 0 Å². The molecule has 0 atom stereocenters. The summed E-state index contributed by atoms with van der Waals surface area (Å²) in [4.78, 5) is 20.2. The minimum atomic E-state index is -4.43. The lowest BCUT2D eigenvalue weighted by atomic mass is 10.2. The number of hydrogen-bond acceptors (Lipinski definition) is 5. The van der Waals surface area contributed by atoms with E-state index in [0.29, 0.717) is 23.1 Å². The van der Waals surface area contributed by atoms with Crippen molar-refractivity contribution in [2.24, 2.45) is 0 Å². The fraction of sp³-hybridized carbons (Fsp3) is 0.294. The van der Waals surface area contributed by atoms with E-state index in [4.69, 9.17) is 0 Å². The van der Waals surface area contributed by atoms with Crippen molar-refractivity contribution < 1.29 is 22.7 Å². The number of fused-ring (bicyclic) bond motifs is 1. The number of halogens is 3. The van der Waals surface area contributed by atoms with E-state index in [9.17, 15) is 18.0 Å². The highest BCUT2D eigenvalue weighted by atomic mass is 19.4. The number of nitrogens with one attached hydrogen (secondary N) is 1. The minimum absolute atomic E-state index is 0.119. The maximum Gasteiger partial charge on any atom is 0.422 e. The van der Waals surface area contributed by atoms with Gasteiger partial charge in [0.1, 0.15) is 5.69 Å². The average molecular weight is 379 g/mol. The van der Waals surface area contributed by atoms with Crippen LogP contribution in [0.2, 0.25) is 0 Å². The molecule has 7 nitrogen and oxygen atoms in total. The Morgan fingerprint density at radius 3 is 2.85 bits per heavy atom. The average Bonchev–Trinajstić information content (AvgIpc) is 3.02. The first-order valence-corrected chi connectivity index (χ1v) is 8.11. The lowest BCUT2D eigenvalue weighted by Crippen LogP contribution is -2.23. The summed E-state index contributed by atoms with van der Waals surface area (Å²) in [6.45, 7) is 1.07. The summed E-state index contributed by atoms with van der Waals surface area (Å²) in [6.07, 6.45) is -1.29. The zero-order valence-electron chi connectivity index (χ0n) is 14.3. The van der Waals surface area contributed by atoms with Crippen molar-refractivity contribution in [1.29, 1.82) is 0 Å². The first kappa shape index (κ1) is 18.6. The van der Waals surface area contributed by atoms with Crippen LogP contribution in [0.4, 0.5) is 13.2 Å². The van der Waals surface area contributed by atoms with Crippen LogP contribution >= 0.6 is 0 Å². The van der Waals surface area contributed by atoms with E-state index in [0.717, 1.165) is 0 Å². The number of carbonyl (C=O) groups is 1. The number of alkyl halides is 3. The fourth-order valence-electron chi connectivity index (χ4n) is 2.45. The van der Waals surface area contributed by atoms with Crippen LogP contribution in [0.1, 0.15) is 23.1 Å². The number of pyridine rings is 2. The van der Waals surface area contributed by atoms with Crippen LogP contribution in [0.25, 0.3) is 10.9 Å². The van der Waals surface area contributed by atoms with E-state index in [1.807, 2.05) is 0 Å². The summed E-state index contributed by atoms with van der Waals surface area (Å²) < 4.78 is 43.0. The first-order chi connectivity index (χ1) is 12.9. The molecule has 0 spiro atoms. The van der Waals surface area contributed by atoms with Crippen molar-refractivity contribution in [3.05, 3.63) is 48.0 Å². The molecule has 142 valence electrons. The smallest absolute Gasteiger partial charge is 0.422 e. The van der Waals surface area contributed by atoms with Gasteiger partial charge in [-0.2, -0.15) is 18.3 Å². The highest BCUT2D eigenvalue weighted by Gasteiger charge is 2.28. The molecule has 0 unspecified atom stereocenters. The van der Waals surface area contributed by atoms with Gasteiger partial charge in [0.05, 0.1) is 23.1 Å². The Balaban J connectivity index is 1.81. The lowest BCUT2D eigenvalue weighted by molar-refractivity contribution is -0.154. The van der Waals surface area contributed by atoms with E-state index in [-0.39, 0.29) is 24.0 Å². The molecule has 1 amide bonds. The van der Waals surface area contributed by atoms with Crippen LogP contribution in [-0.2, 0) is 6.54 Å². The maximum atomic E-state index is 12.3. The van der Waals surface area contributed by atoms with Gasteiger partial charge in [0.2, 0.25) is 5.88 Å². The third-order valence-corrected chi connectivity index (χ3v) is 3.52. The molecule has 0 aliphatic heterocycles. The van der Waals surface area contributed by atoms with Crippen molar-refractivity contribution in [1.82, 2.24) is 25.1 Å². The quantitative estimate of drug-likeness (QED) is 0.712. The molecule has 3 rings (SSSR count). The van der Waals surface area contributed by atoms with Gasteiger partial charge < -0.3 is 10.1 Å². The second-order valence-corrected chi connectivity index (χ2v) is 5.65. The summed E-state index contributed by atoms with van der Waals surface area (Å²) >= 11 is 0. The Morgan fingerprint density at radius 2 is 2.11 bits per heavy atom. The number of ether oxygens (including phenoxy) is 1. The molecular formula is C17H16F3N5O2. The molecule has 0 aliphatic carbocycles. The molecular weight excluding hydrogens is 363 g/mol. The number of rotatable bonds is 6. The van der Waals surface area contributed by atoms with Crippen LogP contribution in [0.3, 0.4) is 0 Å². The topological polar surface area (TPSA) is 81.9 Å². The van der Waals surface area contributed by atoms with Crippen LogP contribution < -0.4 is 10.1 Å². The predicted molar refractivity (Wildman–Crippen MR) is 90.4 cm³/mol. The standard InChI is InChI=1S/C17H16F3N5O2/c1-2-21-16(26)15-12-9-25(24-13(12)6-7-22-15)8-11-4-3-5-14(23-11)27-10-17(18,19)20/h3-7,9H,2,8,10H2,1H3,(H,21,26). The number of nitrogens with zero attached hydrogens (tertiary/aromatic N) is 4. The third kappa shape index (κ3) is 4.72. The van der Waals surface area contributed by atoms with Crippen LogP contribution in [-0.4, -0.2) is 45.0 Å². The largest absolute Gasteiger partial charge is 0.468 e. The Labute approximate surface area is 152 Å². The number of hydrogen-bond donors (Lipinski definition) is 1. The Bertz CT molecular complexity index is 955. The van der Waals surface area contributed by atoms with E-state index >= 15 is 0 Å². The summed E-state index contributed by atoms with van der Waals surface area (Å²) in [7, 11) is 0. The zero-order valence-corrected chi connectivity index (χ0v) is 14.3. The number of carbonyl (C=O) groups excluding carboxylic acids is 1. The molecule has 0 bridgehead atoms. The molecule has 10 heteroatoms. The number of aromatic nitrogens is 4. The highest BCUT2D eigenvalue weighted by molar-refractivity contribution is 6.04. The monoisotopic (exact) mass is 379 g/mol. The van der Waals surface area contributed by atoms with E-state index in [1.54, 1.807) is 36.0 Å². The summed E-state index contributed by atoms with van der Waals surface area (Å²) in [6, 6.07) is 6.23. The normalized spacial score (nSPS) is 11.6. The van der Waals surface area contributed by atoms with Gasteiger partial charge in [0.15, 0.2) is 6.61 Å². The molecule has 3 heterocycles. The SMILES string of the molecule is CCNC(=O)c1nccc2nn(Cc3cccc(OCC(F)(F)F)n3)cc12. The molecule has 0 saturated heterocycles. The van der Waals surface area contributed by atoms with Crippen LogP contribution in [0.15, 0.2) is 36.7 Å². The van der Waals surface area contributed by atoms with Crippen LogP contribution in [0.5, 0.6) is 5.88 Å². The third-order valence-electron chi connectivity index (χ3n) is 3.52. The van der Waals surface area contributed by atoms with E-state index in [2.05, 4.69) is 25.1 Å². The first-order valence-electron chi connectivity index (χ1n) is 8.11. The van der Waals surface area contributed by atoms with Crippen molar-refractivity contribution in [2.75, 3.05) is 13.2 Å². The number of amides is 1. The van der Waals surface area contributed by atoms with Gasteiger partial charge in [0, 0.05) is 25.0 Å². The maximum absolute atomic E-state index is 12.3. The fourth-order valence-corrected chi connectivity index (χ4v) is 2.45. The van der Waals surface area contributed by atoms with Gasteiger partial charge in [-0.05, 0) is 19.1 Å². The lowest BCUT2D eigenvalue weighted by Gasteiger charge is -2.09. The van der Waals surface area contributed by atoms with E-state index < -0.39 is 12.8 Å². The van der Waals surface area contributed by atoms with Gasteiger partial charge in [-0.3, -0.25) is 14.5 Å². The Kier molecular flexibility index (Phi) is 5.24. The molecule has 0 aliphatic rings. The van der Waals surface area contributed by atoms with Gasteiger partial charge in [0.25, 0.3) is 5.91 Å². The second kappa shape index (κ2) is 7.60. The van der Waals surface area contributed by atoms with Gasteiger partial charge in [-0.1, -0.05) is 6.07 Å². The molecule has 0 saturated carbocycles. The second-order valence-electron chi connectivity index (χ2n) is 5.65.